The SMILES string of the molecule is COC(=O)c1ccc(NC(=O)COc2ccc(Oc3ccccn3)cc2)s1. The van der Waals surface area contributed by atoms with Gasteiger partial charge in [-0.15, -0.1) is 11.3 Å². The molecule has 0 aliphatic rings. The number of amides is 1. The van der Waals surface area contributed by atoms with E-state index in [1.807, 2.05) is 6.07 Å². The van der Waals surface area contributed by atoms with E-state index in [-0.39, 0.29) is 12.5 Å². The van der Waals surface area contributed by atoms with Gasteiger partial charge in [-0.2, -0.15) is 0 Å². The number of ether oxygens (including phenoxy) is 3. The number of benzene rings is 1. The summed E-state index contributed by atoms with van der Waals surface area (Å²) in [6.45, 7) is -0.161. The Balaban J connectivity index is 1.48. The van der Waals surface area contributed by atoms with Crippen LogP contribution in [-0.2, 0) is 9.53 Å². The Morgan fingerprint density at radius 2 is 1.81 bits per heavy atom. The Kier molecular flexibility index (Phi) is 6.01. The normalized spacial score (nSPS) is 10.1. The molecule has 0 spiro atoms. The lowest BCUT2D eigenvalue weighted by atomic mass is 10.3. The van der Waals surface area contributed by atoms with Crippen LogP contribution in [0.1, 0.15) is 9.67 Å². The highest BCUT2D eigenvalue weighted by molar-refractivity contribution is 7.18. The number of esters is 1. The predicted octanol–water partition coefficient (Wildman–Crippen LogP) is 3.74. The average Bonchev–Trinajstić information content (AvgIpc) is 3.16. The molecule has 0 aliphatic carbocycles. The van der Waals surface area contributed by atoms with Crippen molar-refractivity contribution in [2.45, 2.75) is 0 Å². The first-order chi connectivity index (χ1) is 13.1. The molecule has 1 aromatic carbocycles. The summed E-state index contributed by atoms with van der Waals surface area (Å²) >= 11 is 1.13. The van der Waals surface area contributed by atoms with E-state index in [2.05, 4.69) is 15.0 Å². The molecule has 0 radical (unpaired) electrons. The predicted molar refractivity (Wildman–Crippen MR) is 101 cm³/mol. The molecule has 2 heterocycles. The van der Waals surface area contributed by atoms with Crippen molar-refractivity contribution in [1.82, 2.24) is 4.98 Å². The van der Waals surface area contributed by atoms with Crippen LogP contribution in [0.3, 0.4) is 0 Å². The van der Waals surface area contributed by atoms with E-state index in [0.29, 0.717) is 27.3 Å². The summed E-state index contributed by atoms with van der Waals surface area (Å²) in [5.74, 6) is 0.860. The minimum Gasteiger partial charge on any atom is -0.484 e. The molecule has 8 heteroatoms. The number of hydrogen-bond donors (Lipinski definition) is 1. The number of nitrogens with one attached hydrogen (secondary N) is 1. The lowest BCUT2D eigenvalue weighted by Gasteiger charge is -2.08. The summed E-state index contributed by atoms with van der Waals surface area (Å²) in [4.78, 5) is 27.9. The molecule has 1 N–H and O–H groups in total. The number of carbonyl (C=O) groups is 2. The summed E-state index contributed by atoms with van der Waals surface area (Å²) in [6, 6.07) is 15.5. The van der Waals surface area contributed by atoms with Crippen LogP contribution in [0, 0.1) is 0 Å². The minimum absolute atomic E-state index is 0.161. The Hall–Kier alpha value is -3.39. The van der Waals surface area contributed by atoms with Gasteiger partial charge in [0.1, 0.15) is 16.4 Å². The first kappa shape index (κ1) is 18.4. The van der Waals surface area contributed by atoms with E-state index >= 15 is 0 Å². The van der Waals surface area contributed by atoms with Crippen molar-refractivity contribution in [3.63, 3.8) is 0 Å². The van der Waals surface area contributed by atoms with Gasteiger partial charge in [0.05, 0.1) is 12.1 Å². The van der Waals surface area contributed by atoms with Gasteiger partial charge in [0, 0.05) is 12.3 Å². The van der Waals surface area contributed by atoms with Crippen molar-refractivity contribution >= 4 is 28.2 Å². The van der Waals surface area contributed by atoms with Gasteiger partial charge in [-0.25, -0.2) is 9.78 Å². The fraction of sp³-hybridized carbons (Fsp3) is 0.105. The second-order valence-corrected chi connectivity index (χ2v) is 6.32. The van der Waals surface area contributed by atoms with Crippen LogP contribution in [0.5, 0.6) is 17.4 Å². The zero-order chi connectivity index (χ0) is 19.1. The Labute approximate surface area is 159 Å². The third-order valence-corrected chi connectivity index (χ3v) is 4.29. The van der Waals surface area contributed by atoms with Gasteiger partial charge in [-0.05, 0) is 42.5 Å². The van der Waals surface area contributed by atoms with E-state index in [4.69, 9.17) is 9.47 Å². The zero-order valence-corrected chi connectivity index (χ0v) is 15.2. The van der Waals surface area contributed by atoms with E-state index in [9.17, 15) is 9.59 Å². The number of anilines is 1. The standard InChI is InChI=1S/C19H16N2O5S/c1-24-19(23)15-9-10-18(27-15)21-16(22)12-25-13-5-7-14(8-6-13)26-17-4-2-3-11-20-17/h2-11H,12H2,1H3,(H,21,22). The topological polar surface area (TPSA) is 86.8 Å². The van der Waals surface area contributed by atoms with Crippen molar-refractivity contribution in [3.05, 3.63) is 65.7 Å². The number of methoxy groups -OCH3 is 1. The summed E-state index contributed by atoms with van der Waals surface area (Å²) in [5.41, 5.74) is 0. The lowest BCUT2D eigenvalue weighted by Crippen LogP contribution is -2.19. The number of thiophene rings is 1. The van der Waals surface area contributed by atoms with Crippen molar-refractivity contribution in [2.24, 2.45) is 0 Å². The van der Waals surface area contributed by atoms with Crippen LogP contribution in [0.4, 0.5) is 5.00 Å². The van der Waals surface area contributed by atoms with Crippen molar-refractivity contribution in [1.29, 1.82) is 0 Å². The van der Waals surface area contributed by atoms with Gasteiger partial charge in [-0.1, -0.05) is 6.07 Å². The maximum Gasteiger partial charge on any atom is 0.348 e. The van der Waals surface area contributed by atoms with Crippen LogP contribution >= 0.6 is 11.3 Å². The first-order valence-electron chi connectivity index (χ1n) is 7.94. The van der Waals surface area contributed by atoms with Crippen LogP contribution in [0.2, 0.25) is 0 Å². The number of nitrogens with zero attached hydrogens (tertiary/aromatic N) is 1. The van der Waals surface area contributed by atoms with Gasteiger partial charge >= 0.3 is 5.97 Å². The van der Waals surface area contributed by atoms with Gasteiger partial charge < -0.3 is 19.5 Å². The molecule has 27 heavy (non-hydrogen) atoms. The van der Waals surface area contributed by atoms with Crippen molar-refractivity contribution in [2.75, 3.05) is 19.0 Å². The largest absolute Gasteiger partial charge is 0.484 e. The molecule has 0 atom stereocenters. The Morgan fingerprint density at radius 1 is 1.04 bits per heavy atom. The molecule has 0 saturated heterocycles. The van der Waals surface area contributed by atoms with Gasteiger partial charge in [0.15, 0.2) is 6.61 Å². The molecular formula is C19H16N2O5S. The van der Waals surface area contributed by atoms with E-state index in [1.165, 1.54) is 7.11 Å². The summed E-state index contributed by atoms with van der Waals surface area (Å²) < 4.78 is 15.7. The zero-order valence-electron chi connectivity index (χ0n) is 14.4. The maximum atomic E-state index is 12.0. The molecule has 0 saturated carbocycles. The fourth-order valence-electron chi connectivity index (χ4n) is 2.07. The summed E-state index contributed by atoms with van der Waals surface area (Å²) in [7, 11) is 1.31. The van der Waals surface area contributed by atoms with Gasteiger partial charge in [0.2, 0.25) is 5.88 Å². The smallest absolute Gasteiger partial charge is 0.348 e. The van der Waals surface area contributed by atoms with Crippen molar-refractivity contribution in [3.8, 4) is 17.4 Å². The minimum atomic E-state index is -0.440. The number of hydrogen-bond acceptors (Lipinski definition) is 7. The van der Waals surface area contributed by atoms with Gasteiger partial charge in [0.25, 0.3) is 5.91 Å². The first-order valence-corrected chi connectivity index (χ1v) is 8.75. The molecular weight excluding hydrogens is 368 g/mol. The molecule has 0 fully saturated rings. The number of pyridine rings is 1. The van der Waals surface area contributed by atoms with E-state index in [1.54, 1.807) is 54.7 Å². The van der Waals surface area contributed by atoms with Crippen LogP contribution in [0.15, 0.2) is 60.8 Å². The van der Waals surface area contributed by atoms with Crippen LogP contribution in [-0.4, -0.2) is 30.6 Å². The molecule has 1 amide bonds. The molecule has 0 bridgehead atoms. The number of rotatable bonds is 7. The molecule has 2 aromatic heterocycles. The second kappa shape index (κ2) is 8.81. The van der Waals surface area contributed by atoms with Crippen molar-refractivity contribution < 1.29 is 23.8 Å². The fourth-order valence-corrected chi connectivity index (χ4v) is 2.91. The molecule has 0 aliphatic heterocycles. The van der Waals surface area contributed by atoms with Gasteiger partial charge in [-0.3, -0.25) is 4.79 Å². The highest BCUT2D eigenvalue weighted by Crippen LogP contribution is 2.23. The highest BCUT2D eigenvalue weighted by atomic mass is 32.1. The monoisotopic (exact) mass is 384 g/mol. The Bertz CT molecular complexity index is 909. The quantitative estimate of drug-likeness (QED) is 0.625. The molecule has 0 unspecified atom stereocenters. The Morgan fingerprint density at radius 3 is 2.52 bits per heavy atom. The third kappa shape index (κ3) is 5.29. The molecule has 3 aromatic rings. The highest BCUT2D eigenvalue weighted by Gasteiger charge is 2.11. The average molecular weight is 384 g/mol. The molecule has 7 nitrogen and oxygen atoms in total. The van der Waals surface area contributed by atoms with Crippen LogP contribution < -0.4 is 14.8 Å². The maximum absolute atomic E-state index is 12.0. The molecule has 3 rings (SSSR count). The number of carbonyl (C=O) groups excluding carboxylic acids is 2. The third-order valence-electron chi connectivity index (χ3n) is 3.31. The summed E-state index contributed by atoms with van der Waals surface area (Å²) in [6.07, 6.45) is 1.65. The lowest BCUT2D eigenvalue weighted by molar-refractivity contribution is -0.118. The van der Waals surface area contributed by atoms with E-state index in [0.717, 1.165) is 11.3 Å². The molecule has 138 valence electrons. The summed E-state index contributed by atoms with van der Waals surface area (Å²) in [5, 5.41) is 3.21. The number of aromatic nitrogens is 1. The second-order valence-electron chi connectivity index (χ2n) is 5.23. The van der Waals surface area contributed by atoms with Crippen LogP contribution in [0.25, 0.3) is 0 Å². The van der Waals surface area contributed by atoms with E-state index < -0.39 is 5.97 Å².